The van der Waals surface area contributed by atoms with Crippen molar-refractivity contribution in [1.29, 1.82) is 5.41 Å². The largest absolute Gasteiger partial charge is 0.299 e. The Morgan fingerprint density at radius 1 is 0.509 bits per heavy atom. The topological polar surface area (TPSA) is 74.9 Å². The van der Waals surface area contributed by atoms with Gasteiger partial charge in [0.1, 0.15) is 0 Å². The lowest BCUT2D eigenvalue weighted by Crippen LogP contribution is -2.00. The average Bonchev–Trinajstić information content (AvgIpc) is 3.86. The minimum Gasteiger partial charge on any atom is -0.299 e. The molecule has 0 fully saturated rings. The second kappa shape index (κ2) is 15.7. The van der Waals surface area contributed by atoms with E-state index in [0.717, 1.165) is 42.9 Å². The van der Waals surface area contributed by atoms with Crippen molar-refractivity contribution in [3.05, 3.63) is 192 Å². The maximum Gasteiger partial charge on any atom is 0.164 e. The van der Waals surface area contributed by atoms with Gasteiger partial charge >= 0.3 is 0 Å². The molecule has 10 rings (SSSR count). The molecule has 5 nitrogen and oxygen atoms in total. The molecule has 0 saturated carbocycles. The molecule has 0 amide bonds. The number of aromatic nitrogens is 3. The maximum absolute atomic E-state index is 8.37. The average molecular weight is 770 g/mol. The summed E-state index contributed by atoms with van der Waals surface area (Å²) < 4.78 is 3.62. The van der Waals surface area contributed by atoms with Crippen molar-refractivity contribution in [3.8, 4) is 45.3 Å². The molecule has 7 aromatic carbocycles. The Balaban J connectivity index is 0.000000186. The molecule has 0 aliphatic carbocycles. The molecular weight excluding hydrogens is 735 g/mol. The van der Waals surface area contributed by atoms with E-state index in [-0.39, 0.29) is 0 Å². The van der Waals surface area contributed by atoms with E-state index < -0.39 is 0 Å². The lowest BCUT2D eigenvalue weighted by Gasteiger charge is -2.11. The number of hydrogen-bond acceptors (Lipinski definition) is 7. The minimum atomic E-state index is 0.504. The summed E-state index contributed by atoms with van der Waals surface area (Å²) in [6.07, 6.45) is 0. The van der Waals surface area contributed by atoms with Crippen molar-refractivity contribution in [1.82, 2.24) is 15.0 Å². The van der Waals surface area contributed by atoms with Crippen LogP contribution >= 0.6 is 22.7 Å². The van der Waals surface area contributed by atoms with E-state index in [9.17, 15) is 0 Å². The molecule has 7 heteroatoms. The van der Waals surface area contributed by atoms with Gasteiger partial charge in [-0.1, -0.05) is 163 Å². The number of hydrogen-bond donors (Lipinski definition) is 1. The van der Waals surface area contributed by atoms with E-state index in [2.05, 4.69) is 85.4 Å². The summed E-state index contributed by atoms with van der Waals surface area (Å²) in [5, 5.41) is 11.9. The van der Waals surface area contributed by atoms with Gasteiger partial charge in [0.25, 0.3) is 0 Å². The van der Waals surface area contributed by atoms with Gasteiger partial charge in [0, 0.05) is 52.5 Å². The smallest absolute Gasteiger partial charge is 0.164 e. The second-order valence-corrected chi connectivity index (χ2v) is 15.7. The normalized spacial score (nSPS) is 11.0. The van der Waals surface area contributed by atoms with Crippen LogP contribution in [0.15, 0.2) is 181 Å². The van der Waals surface area contributed by atoms with Gasteiger partial charge in [-0.05, 0) is 43.0 Å². The zero-order chi connectivity index (χ0) is 38.7. The fraction of sp³-hybridized carbons (Fsp3) is 0.0200. The Morgan fingerprint density at radius 3 is 1.65 bits per heavy atom. The highest BCUT2D eigenvalue weighted by atomic mass is 32.1. The summed E-state index contributed by atoms with van der Waals surface area (Å²) in [5.41, 5.74) is 8.87. The first-order valence-corrected chi connectivity index (χ1v) is 20.2. The van der Waals surface area contributed by atoms with Gasteiger partial charge in [-0.15, -0.1) is 22.7 Å². The highest BCUT2D eigenvalue weighted by Crippen LogP contribution is 2.44. The molecule has 10 aromatic rings. The van der Waals surface area contributed by atoms with Crippen molar-refractivity contribution >= 4 is 71.0 Å². The first-order chi connectivity index (χ1) is 28.1. The van der Waals surface area contributed by atoms with Gasteiger partial charge < -0.3 is 0 Å². The lowest BCUT2D eigenvalue weighted by atomic mass is 9.96. The zero-order valence-corrected chi connectivity index (χ0v) is 32.7. The van der Waals surface area contributed by atoms with Gasteiger partial charge in [-0.25, -0.2) is 15.0 Å². The van der Waals surface area contributed by atoms with Gasteiger partial charge in [-0.3, -0.25) is 10.4 Å². The molecule has 0 aliphatic heterocycles. The maximum atomic E-state index is 8.37. The van der Waals surface area contributed by atoms with Gasteiger partial charge in [-0.2, -0.15) is 0 Å². The predicted molar refractivity (Wildman–Crippen MR) is 243 cm³/mol. The van der Waals surface area contributed by atoms with Crippen LogP contribution in [-0.4, -0.2) is 27.4 Å². The molecule has 3 aromatic heterocycles. The molecule has 0 unspecified atom stereocenters. The summed E-state index contributed by atoms with van der Waals surface area (Å²) in [6.45, 7) is 5.79. The monoisotopic (exact) mass is 769 g/mol. The van der Waals surface area contributed by atoms with Gasteiger partial charge in [0.15, 0.2) is 17.5 Å². The summed E-state index contributed by atoms with van der Waals surface area (Å²) in [4.78, 5) is 20.0. The molecule has 0 bridgehead atoms. The van der Waals surface area contributed by atoms with Crippen LogP contribution < -0.4 is 0 Å². The molecular formula is C50H35N5S2. The van der Waals surface area contributed by atoms with Crippen LogP contribution in [0.5, 0.6) is 0 Å². The van der Waals surface area contributed by atoms with Gasteiger partial charge in [0.05, 0.1) is 16.3 Å². The first-order valence-electron chi connectivity index (χ1n) is 18.6. The molecule has 0 aliphatic rings. The number of aryl methyl sites for hydroxylation is 1. The summed E-state index contributed by atoms with van der Waals surface area (Å²) in [7, 11) is 0. The Morgan fingerprint density at radius 2 is 1.02 bits per heavy atom. The fourth-order valence-corrected chi connectivity index (χ4v) is 9.42. The van der Waals surface area contributed by atoms with Gasteiger partial charge in [0.2, 0.25) is 0 Å². The number of rotatable bonds is 7. The molecule has 57 heavy (non-hydrogen) atoms. The Hall–Kier alpha value is -6.93. The van der Waals surface area contributed by atoms with Crippen molar-refractivity contribution in [3.63, 3.8) is 0 Å². The van der Waals surface area contributed by atoms with Crippen LogP contribution in [0.3, 0.4) is 0 Å². The quantitative estimate of drug-likeness (QED) is 0.164. The third-order valence-electron chi connectivity index (χ3n) is 9.81. The second-order valence-electron chi connectivity index (χ2n) is 13.5. The number of nitrogens with one attached hydrogen (secondary N) is 1. The van der Waals surface area contributed by atoms with E-state index in [1.54, 1.807) is 11.3 Å². The van der Waals surface area contributed by atoms with E-state index in [0.29, 0.717) is 23.2 Å². The number of benzene rings is 7. The lowest BCUT2D eigenvalue weighted by molar-refractivity contribution is 1.08. The standard InChI is InChI=1S/C34H23N3S.C16H12N2S/c1-22-11-8-16-25(21-22)26-17-9-19-28-30(26)31-27(18-10-20-29(31)38-28)34-36-32(23-12-4-2-5-13-23)35-33(37-34)24-14-6-3-7-15-24;1-18-15-12-9-5-6-10-13(12)19-16(15)14(17)11-7-3-2-4-8-11/h2-21H,1H3;2-10,17H,1H2. The predicted octanol–water partition coefficient (Wildman–Crippen LogP) is 13.9. The summed E-state index contributed by atoms with van der Waals surface area (Å²) >= 11 is 3.41. The van der Waals surface area contributed by atoms with Crippen LogP contribution in [0.25, 0.3) is 75.5 Å². The fourth-order valence-electron chi connectivity index (χ4n) is 7.13. The highest BCUT2D eigenvalue weighted by molar-refractivity contribution is 7.26. The van der Waals surface area contributed by atoms with Crippen molar-refractivity contribution in [2.45, 2.75) is 6.92 Å². The molecule has 0 radical (unpaired) electrons. The molecule has 3 heterocycles. The van der Waals surface area contributed by atoms with Crippen molar-refractivity contribution < 1.29 is 0 Å². The van der Waals surface area contributed by atoms with Crippen molar-refractivity contribution in [2.24, 2.45) is 4.99 Å². The van der Waals surface area contributed by atoms with E-state index in [1.165, 1.54) is 36.9 Å². The van der Waals surface area contributed by atoms with Crippen LogP contribution in [0.4, 0.5) is 5.69 Å². The Bertz CT molecular complexity index is 3000. The third kappa shape index (κ3) is 7.06. The van der Waals surface area contributed by atoms with E-state index in [1.807, 2.05) is 121 Å². The molecule has 0 saturated heterocycles. The summed E-state index contributed by atoms with van der Waals surface area (Å²) in [5.74, 6) is 2.02. The highest BCUT2D eigenvalue weighted by Gasteiger charge is 2.19. The number of aliphatic imine (C=N–C) groups is 1. The number of nitrogens with zero attached hydrogens (tertiary/aromatic N) is 4. The number of fused-ring (bicyclic) bond motifs is 4. The Kier molecular flexibility index (Phi) is 9.83. The molecule has 0 atom stereocenters. The van der Waals surface area contributed by atoms with E-state index >= 15 is 0 Å². The van der Waals surface area contributed by atoms with E-state index in [4.69, 9.17) is 20.4 Å². The van der Waals surface area contributed by atoms with Crippen LogP contribution in [0.1, 0.15) is 16.0 Å². The first kappa shape index (κ1) is 35.8. The van der Waals surface area contributed by atoms with Crippen LogP contribution in [-0.2, 0) is 0 Å². The molecule has 272 valence electrons. The third-order valence-corrected chi connectivity index (χ3v) is 12.1. The summed E-state index contributed by atoms with van der Waals surface area (Å²) in [6, 6.07) is 59.8. The zero-order valence-electron chi connectivity index (χ0n) is 31.1. The Labute approximate surface area is 338 Å². The van der Waals surface area contributed by atoms with Crippen molar-refractivity contribution in [2.75, 3.05) is 0 Å². The molecule has 1 N–H and O–H groups in total. The number of thiophene rings is 2. The minimum absolute atomic E-state index is 0.504. The van der Waals surface area contributed by atoms with Crippen LogP contribution in [0, 0.1) is 12.3 Å². The van der Waals surface area contributed by atoms with Crippen LogP contribution in [0.2, 0.25) is 0 Å². The SMILES string of the molecule is C=Nc1c(C(=N)c2ccccc2)sc2ccccc12.Cc1cccc(-c2cccc3sc4cccc(-c5nc(-c6ccccc6)nc(-c6ccccc6)n5)c4c23)c1. The molecule has 0 spiro atoms.